The Morgan fingerprint density at radius 2 is 1.86 bits per heavy atom. The quantitative estimate of drug-likeness (QED) is 0.689. The minimum absolute atomic E-state index is 0.0986. The molecule has 154 valence electrons. The smallest absolute Gasteiger partial charge is 0.254 e. The van der Waals surface area contributed by atoms with E-state index < -0.39 is 5.91 Å². The summed E-state index contributed by atoms with van der Waals surface area (Å²) in [6.45, 7) is 5.17. The summed E-state index contributed by atoms with van der Waals surface area (Å²) in [5.74, 6) is 1.17. The van der Waals surface area contributed by atoms with Gasteiger partial charge in [0.05, 0.1) is 5.56 Å². The SMILES string of the molecule is CC(=O)N1CCC(Nc2nc(N[C@@H](C)C3CCCCC3)ncc2C(N)=O)CC1. The van der Waals surface area contributed by atoms with Crippen LogP contribution in [0.25, 0.3) is 0 Å². The zero-order valence-corrected chi connectivity index (χ0v) is 16.9. The number of carbonyl (C=O) groups excluding carboxylic acids is 2. The minimum Gasteiger partial charge on any atom is -0.366 e. The molecule has 1 aromatic heterocycles. The lowest BCUT2D eigenvalue weighted by Crippen LogP contribution is -2.41. The first-order chi connectivity index (χ1) is 13.4. The van der Waals surface area contributed by atoms with Gasteiger partial charge in [-0.25, -0.2) is 4.98 Å². The van der Waals surface area contributed by atoms with E-state index in [9.17, 15) is 9.59 Å². The molecule has 0 aromatic carbocycles. The van der Waals surface area contributed by atoms with Crippen molar-refractivity contribution in [2.75, 3.05) is 23.7 Å². The molecule has 8 nitrogen and oxygen atoms in total. The predicted octanol–water partition coefficient (Wildman–Crippen LogP) is 2.38. The number of piperidine rings is 1. The Morgan fingerprint density at radius 1 is 1.18 bits per heavy atom. The number of aromatic nitrogens is 2. The summed E-state index contributed by atoms with van der Waals surface area (Å²) in [6, 6.07) is 0.429. The second kappa shape index (κ2) is 9.21. The Morgan fingerprint density at radius 3 is 2.46 bits per heavy atom. The lowest BCUT2D eigenvalue weighted by molar-refractivity contribution is -0.129. The number of likely N-dealkylation sites (tertiary alicyclic amines) is 1. The summed E-state index contributed by atoms with van der Waals surface area (Å²) in [7, 11) is 0. The van der Waals surface area contributed by atoms with Crippen LogP contribution in [0.5, 0.6) is 0 Å². The zero-order chi connectivity index (χ0) is 20.1. The van der Waals surface area contributed by atoms with Crippen molar-refractivity contribution in [1.82, 2.24) is 14.9 Å². The Kier molecular flexibility index (Phi) is 6.70. The van der Waals surface area contributed by atoms with E-state index in [1.54, 1.807) is 6.92 Å². The number of nitrogens with one attached hydrogen (secondary N) is 2. The Bertz CT molecular complexity index is 696. The minimum atomic E-state index is -0.546. The van der Waals surface area contributed by atoms with Crippen molar-refractivity contribution in [3.05, 3.63) is 11.8 Å². The van der Waals surface area contributed by atoms with Crippen LogP contribution in [0.3, 0.4) is 0 Å². The number of hydrogen-bond donors (Lipinski definition) is 3. The van der Waals surface area contributed by atoms with Gasteiger partial charge in [0.25, 0.3) is 5.91 Å². The molecule has 28 heavy (non-hydrogen) atoms. The number of primary amides is 1. The molecule has 2 aliphatic rings. The Labute approximate surface area is 166 Å². The molecule has 4 N–H and O–H groups in total. The van der Waals surface area contributed by atoms with Crippen molar-refractivity contribution in [3.8, 4) is 0 Å². The van der Waals surface area contributed by atoms with Crippen molar-refractivity contribution < 1.29 is 9.59 Å². The van der Waals surface area contributed by atoms with Gasteiger partial charge in [0, 0.05) is 38.3 Å². The molecule has 1 saturated heterocycles. The molecule has 1 aliphatic carbocycles. The monoisotopic (exact) mass is 388 g/mol. The fourth-order valence-electron chi connectivity index (χ4n) is 4.23. The molecule has 0 spiro atoms. The molecule has 1 atom stereocenters. The van der Waals surface area contributed by atoms with Crippen molar-refractivity contribution in [2.24, 2.45) is 11.7 Å². The van der Waals surface area contributed by atoms with E-state index in [2.05, 4.69) is 27.5 Å². The van der Waals surface area contributed by atoms with Gasteiger partial charge in [0.1, 0.15) is 5.82 Å². The molecule has 0 radical (unpaired) electrons. The largest absolute Gasteiger partial charge is 0.366 e. The number of carbonyl (C=O) groups is 2. The van der Waals surface area contributed by atoms with E-state index in [1.165, 1.54) is 38.3 Å². The summed E-state index contributed by atoms with van der Waals surface area (Å²) in [5.41, 5.74) is 5.81. The van der Waals surface area contributed by atoms with Gasteiger partial charge in [-0.05, 0) is 38.5 Å². The van der Waals surface area contributed by atoms with E-state index in [1.807, 2.05) is 4.90 Å². The van der Waals surface area contributed by atoms with E-state index >= 15 is 0 Å². The van der Waals surface area contributed by atoms with Crippen LogP contribution >= 0.6 is 0 Å². The van der Waals surface area contributed by atoms with Gasteiger partial charge in [-0.15, -0.1) is 0 Å². The fourth-order valence-corrected chi connectivity index (χ4v) is 4.23. The van der Waals surface area contributed by atoms with Crippen LogP contribution in [0, 0.1) is 5.92 Å². The maximum Gasteiger partial charge on any atom is 0.254 e. The molecule has 1 aromatic rings. The highest BCUT2D eigenvalue weighted by atomic mass is 16.2. The van der Waals surface area contributed by atoms with Gasteiger partial charge in [-0.2, -0.15) is 4.98 Å². The van der Waals surface area contributed by atoms with Crippen LogP contribution in [-0.2, 0) is 4.79 Å². The molecular formula is C20H32N6O2. The summed E-state index contributed by atoms with van der Waals surface area (Å²) < 4.78 is 0. The van der Waals surface area contributed by atoms with E-state index in [4.69, 9.17) is 5.73 Å². The van der Waals surface area contributed by atoms with Gasteiger partial charge >= 0.3 is 0 Å². The molecule has 0 unspecified atom stereocenters. The van der Waals surface area contributed by atoms with Crippen LogP contribution < -0.4 is 16.4 Å². The molecule has 8 heteroatoms. The first kappa shape index (κ1) is 20.4. The maximum atomic E-state index is 11.8. The average Bonchev–Trinajstić information content (AvgIpc) is 2.69. The molecular weight excluding hydrogens is 356 g/mol. The lowest BCUT2D eigenvalue weighted by Gasteiger charge is -2.32. The molecule has 2 heterocycles. The van der Waals surface area contributed by atoms with Gasteiger partial charge in [0.2, 0.25) is 11.9 Å². The van der Waals surface area contributed by atoms with Gasteiger partial charge in [-0.1, -0.05) is 19.3 Å². The third-order valence-corrected chi connectivity index (χ3v) is 6.05. The molecule has 3 rings (SSSR count). The predicted molar refractivity (Wildman–Crippen MR) is 109 cm³/mol. The fraction of sp³-hybridized carbons (Fsp3) is 0.700. The van der Waals surface area contributed by atoms with Crippen LogP contribution in [0.1, 0.15) is 69.2 Å². The Hall–Kier alpha value is -2.38. The van der Waals surface area contributed by atoms with Gasteiger partial charge in [-0.3, -0.25) is 9.59 Å². The van der Waals surface area contributed by atoms with Crippen molar-refractivity contribution in [2.45, 2.75) is 70.9 Å². The number of rotatable bonds is 6. The second-order valence-corrected chi connectivity index (χ2v) is 8.08. The molecule has 2 fully saturated rings. The highest BCUT2D eigenvalue weighted by molar-refractivity contribution is 5.97. The Balaban J connectivity index is 1.67. The van der Waals surface area contributed by atoms with Crippen molar-refractivity contribution in [1.29, 1.82) is 0 Å². The number of amides is 2. The third-order valence-electron chi connectivity index (χ3n) is 6.05. The van der Waals surface area contributed by atoms with Crippen LogP contribution in [0.4, 0.5) is 11.8 Å². The van der Waals surface area contributed by atoms with Gasteiger partial charge < -0.3 is 21.3 Å². The maximum absolute atomic E-state index is 11.8. The molecule has 0 bridgehead atoms. The zero-order valence-electron chi connectivity index (χ0n) is 16.9. The average molecular weight is 389 g/mol. The summed E-state index contributed by atoms with van der Waals surface area (Å²) >= 11 is 0. The van der Waals surface area contributed by atoms with Crippen molar-refractivity contribution in [3.63, 3.8) is 0 Å². The number of nitrogens with zero attached hydrogens (tertiary/aromatic N) is 3. The molecule has 2 amide bonds. The normalized spacial score (nSPS) is 19.9. The van der Waals surface area contributed by atoms with E-state index in [-0.39, 0.29) is 18.0 Å². The van der Waals surface area contributed by atoms with Crippen molar-refractivity contribution >= 4 is 23.6 Å². The number of nitrogens with two attached hydrogens (primary N) is 1. The first-order valence-electron chi connectivity index (χ1n) is 10.4. The van der Waals surface area contributed by atoms with E-state index in [0.29, 0.717) is 36.3 Å². The standard InChI is InChI=1S/C20H32N6O2/c1-13(15-6-4-3-5-7-15)23-20-22-12-17(18(21)28)19(25-20)24-16-8-10-26(11-9-16)14(2)27/h12-13,15-16H,3-11H2,1-2H3,(H2,21,28)(H2,22,23,24,25)/t13-/m0/s1. The van der Waals surface area contributed by atoms with Gasteiger partial charge in [0.15, 0.2) is 0 Å². The van der Waals surface area contributed by atoms with E-state index in [0.717, 1.165) is 12.8 Å². The highest BCUT2D eigenvalue weighted by Crippen LogP contribution is 2.28. The second-order valence-electron chi connectivity index (χ2n) is 8.08. The molecule has 1 aliphatic heterocycles. The number of hydrogen-bond acceptors (Lipinski definition) is 6. The topological polar surface area (TPSA) is 113 Å². The summed E-state index contributed by atoms with van der Waals surface area (Å²) in [5, 5.41) is 6.76. The van der Waals surface area contributed by atoms with Crippen LogP contribution in [0.15, 0.2) is 6.20 Å². The third kappa shape index (κ3) is 5.11. The molecule has 1 saturated carbocycles. The lowest BCUT2D eigenvalue weighted by atomic mass is 9.85. The summed E-state index contributed by atoms with van der Waals surface area (Å²) in [6.07, 6.45) is 9.46. The van der Waals surface area contributed by atoms with Crippen LogP contribution in [-0.4, -0.2) is 51.9 Å². The summed E-state index contributed by atoms with van der Waals surface area (Å²) in [4.78, 5) is 34.0. The van der Waals surface area contributed by atoms with Crippen LogP contribution in [0.2, 0.25) is 0 Å². The first-order valence-corrected chi connectivity index (χ1v) is 10.4. The number of anilines is 2. The highest BCUT2D eigenvalue weighted by Gasteiger charge is 2.24.